The topological polar surface area (TPSA) is 69.4 Å². The normalized spacial score (nSPS) is 11.4. The fourth-order valence-electron chi connectivity index (χ4n) is 1.88. The number of hydrogen-bond acceptors (Lipinski definition) is 4. The highest BCUT2D eigenvalue weighted by atomic mass is 79.9. The number of halogens is 2. The summed E-state index contributed by atoms with van der Waals surface area (Å²) in [6.45, 7) is 0. The third-order valence-electron chi connectivity index (χ3n) is 2.90. The number of ether oxygens (including phenoxy) is 1. The molecule has 0 saturated carbocycles. The minimum absolute atomic E-state index is 0.0235. The van der Waals surface area contributed by atoms with Gasteiger partial charge in [0.1, 0.15) is 16.5 Å². The highest BCUT2D eigenvalue weighted by Gasteiger charge is 2.22. The van der Waals surface area contributed by atoms with Gasteiger partial charge in [0.05, 0.1) is 17.3 Å². The molecule has 0 aliphatic heterocycles. The van der Waals surface area contributed by atoms with Crippen LogP contribution in [0.2, 0.25) is 0 Å². The number of sulfone groups is 1. The van der Waals surface area contributed by atoms with Crippen LogP contribution in [0.4, 0.5) is 10.1 Å². The summed E-state index contributed by atoms with van der Waals surface area (Å²) in [7, 11) is -2.32. The van der Waals surface area contributed by atoms with Crippen molar-refractivity contribution in [1.29, 1.82) is 0 Å². The number of nitrogens with two attached hydrogens (primary N) is 1. The quantitative estimate of drug-likeness (QED) is 0.835. The van der Waals surface area contributed by atoms with E-state index in [0.29, 0.717) is 11.3 Å². The van der Waals surface area contributed by atoms with Crippen molar-refractivity contribution in [3.8, 4) is 5.75 Å². The van der Waals surface area contributed by atoms with Gasteiger partial charge in [-0.05, 0) is 39.7 Å². The Morgan fingerprint density at radius 2 is 2.00 bits per heavy atom. The Morgan fingerprint density at radius 3 is 2.67 bits per heavy atom. The monoisotopic (exact) mass is 373 g/mol. The van der Waals surface area contributed by atoms with E-state index < -0.39 is 15.7 Å². The van der Waals surface area contributed by atoms with E-state index in [2.05, 4.69) is 15.9 Å². The summed E-state index contributed by atoms with van der Waals surface area (Å²) in [6, 6.07) is 8.57. The Morgan fingerprint density at radius 1 is 1.29 bits per heavy atom. The molecular weight excluding hydrogens is 361 g/mol. The lowest BCUT2D eigenvalue weighted by Crippen LogP contribution is -2.08. The summed E-state index contributed by atoms with van der Waals surface area (Å²) in [5.74, 6) is -0.680. The molecule has 0 fully saturated rings. The SMILES string of the molecule is COc1cc(N)ccc1S(=O)(=O)Cc1cccc(F)c1Br. The maximum Gasteiger partial charge on any atom is 0.186 e. The van der Waals surface area contributed by atoms with E-state index in [9.17, 15) is 12.8 Å². The second-order valence-corrected chi connectivity index (χ2v) is 7.13. The van der Waals surface area contributed by atoms with E-state index in [1.54, 1.807) is 6.07 Å². The molecule has 0 unspecified atom stereocenters. The van der Waals surface area contributed by atoms with Crippen molar-refractivity contribution in [1.82, 2.24) is 0 Å². The number of nitrogen functional groups attached to an aromatic ring is 1. The van der Waals surface area contributed by atoms with Crippen LogP contribution in [0.25, 0.3) is 0 Å². The molecule has 2 rings (SSSR count). The van der Waals surface area contributed by atoms with Gasteiger partial charge in [-0.25, -0.2) is 12.8 Å². The summed E-state index contributed by atoms with van der Waals surface area (Å²) >= 11 is 3.06. The molecule has 4 nitrogen and oxygen atoms in total. The van der Waals surface area contributed by atoms with Crippen LogP contribution in [0.1, 0.15) is 5.56 Å². The molecule has 0 spiro atoms. The van der Waals surface area contributed by atoms with Crippen molar-refractivity contribution in [2.75, 3.05) is 12.8 Å². The zero-order chi connectivity index (χ0) is 15.6. The standard InChI is InChI=1S/C14H13BrFNO3S/c1-20-12-7-10(17)5-6-13(12)21(18,19)8-9-3-2-4-11(16)14(9)15/h2-7H,8,17H2,1H3. The first kappa shape index (κ1) is 15.8. The average molecular weight is 374 g/mol. The van der Waals surface area contributed by atoms with Gasteiger partial charge in [-0.1, -0.05) is 12.1 Å². The molecule has 0 amide bonds. The van der Waals surface area contributed by atoms with E-state index in [1.165, 1.54) is 37.4 Å². The van der Waals surface area contributed by atoms with Gasteiger partial charge in [-0.2, -0.15) is 0 Å². The van der Waals surface area contributed by atoms with Gasteiger partial charge in [0, 0.05) is 11.8 Å². The first-order chi connectivity index (χ1) is 9.85. The van der Waals surface area contributed by atoms with Gasteiger partial charge in [0.25, 0.3) is 0 Å². The smallest absolute Gasteiger partial charge is 0.186 e. The van der Waals surface area contributed by atoms with Gasteiger partial charge >= 0.3 is 0 Å². The number of hydrogen-bond donors (Lipinski definition) is 1. The third kappa shape index (κ3) is 3.36. The van der Waals surface area contributed by atoms with Crippen LogP contribution in [0.3, 0.4) is 0 Å². The molecule has 0 aliphatic carbocycles. The van der Waals surface area contributed by atoms with Crippen LogP contribution in [-0.4, -0.2) is 15.5 Å². The summed E-state index contributed by atoms with van der Waals surface area (Å²) in [5, 5.41) is 0. The van der Waals surface area contributed by atoms with Crippen LogP contribution >= 0.6 is 15.9 Å². The fraction of sp³-hybridized carbons (Fsp3) is 0.143. The Labute approximate surface area is 130 Å². The second kappa shape index (κ2) is 6.03. The van der Waals surface area contributed by atoms with Gasteiger partial charge in [0.15, 0.2) is 9.84 Å². The fourth-order valence-corrected chi connectivity index (χ4v) is 4.00. The molecule has 0 saturated heterocycles. The van der Waals surface area contributed by atoms with Crippen LogP contribution < -0.4 is 10.5 Å². The second-order valence-electron chi connectivity index (χ2n) is 4.38. The number of rotatable bonds is 4. The summed E-state index contributed by atoms with van der Waals surface area (Å²) in [5.41, 5.74) is 6.35. The molecule has 2 aromatic rings. The highest BCUT2D eigenvalue weighted by Crippen LogP contribution is 2.30. The van der Waals surface area contributed by atoms with Crippen molar-refractivity contribution < 1.29 is 17.5 Å². The van der Waals surface area contributed by atoms with Gasteiger partial charge in [-0.15, -0.1) is 0 Å². The summed E-state index contributed by atoms with van der Waals surface area (Å²) in [6.07, 6.45) is 0. The van der Waals surface area contributed by atoms with Crippen molar-refractivity contribution >= 4 is 31.5 Å². The molecule has 7 heteroatoms. The van der Waals surface area contributed by atoms with E-state index >= 15 is 0 Å². The minimum atomic E-state index is -3.69. The Kier molecular flexibility index (Phi) is 4.53. The van der Waals surface area contributed by atoms with Crippen LogP contribution in [0, 0.1) is 5.82 Å². The molecule has 2 N–H and O–H groups in total. The Hall–Kier alpha value is -1.60. The molecule has 0 radical (unpaired) electrons. The Bertz CT molecular complexity index is 778. The van der Waals surface area contributed by atoms with E-state index in [1.807, 2.05) is 0 Å². The first-order valence-electron chi connectivity index (χ1n) is 5.94. The predicted molar refractivity (Wildman–Crippen MR) is 82.4 cm³/mol. The maximum absolute atomic E-state index is 13.5. The molecule has 0 aromatic heterocycles. The van der Waals surface area contributed by atoms with Gasteiger partial charge in [0.2, 0.25) is 0 Å². The molecule has 0 bridgehead atoms. The zero-order valence-electron chi connectivity index (χ0n) is 11.1. The lowest BCUT2D eigenvalue weighted by atomic mass is 10.2. The van der Waals surface area contributed by atoms with Gasteiger partial charge < -0.3 is 10.5 Å². The molecule has 0 heterocycles. The average Bonchev–Trinajstić information content (AvgIpc) is 2.43. The van der Waals surface area contributed by atoms with Crippen molar-refractivity contribution in [2.45, 2.75) is 10.6 Å². The van der Waals surface area contributed by atoms with Crippen LogP contribution in [0.15, 0.2) is 45.8 Å². The molecule has 0 atom stereocenters. The highest BCUT2D eigenvalue weighted by molar-refractivity contribution is 9.10. The molecule has 21 heavy (non-hydrogen) atoms. The number of anilines is 1. The molecule has 0 aliphatic rings. The largest absolute Gasteiger partial charge is 0.495 e. The van der Waals surface area contributed by atoms with E-state index in [4.69, 9.17) is 10.5 Å². The first-order valence-corrected chi connectivity index (χ1v) is 8.39. The van der Waals surface area contributed by atoms with E-state index in [0.717, 1.165) is 0 Å². The zero-order valence-corrected chi connectivity index (χ0v) is 13.5. The molecular formula is C14H13BrFNO3S. The Balaban J connectivity index is 2.46. The van der Waals surface area contributed by atoms with Crippen molar-refractivity contribution in [2.24, 2.45) is 0 Å². The lowest BCUT2D eigenvalue weighted by molar-refractivity contribution is 0.403. The minimum Gasteiger partial charge on any atom is -0.495 e. The van der Waals surface area contributed by atoms with Crippen molar-refractivity contribution in [3.63, 3.8) is 0 Å². The number of benzene rings is 2. The maximum atomic E-state index is 13.5. The van der Waals surface area contributed by atoms with Crippen LogP contribution in [0.5, 0.6) is 5.75 Å². The molecule has 2 aromatic carbocycles. The summed E-state index contributed by atoms with van der Waals surface area (Å²) < 4.78 is 43.7. The van der Waals surface area contributed by atoms with E-state index in [-0.39, 0.29) is 20.9 Å². The van der Waals surface area contributed by atoms with Crippen LogP contribution in [-0.2, 0) is 15.6 Å². The lowest BCUT2D eigenvalue weighted by Gasteiger charge is -2.11. The third-order valence-corrected chi connectivity index (χ3v) is 5.49. The van der Waals surface area contributed by atoms with Crippen molar-refractivity contribution in [3.05, 3.63) is 52.3 Å². The number of methoxy groups -OCH3 is 1. The predicted octanol–water partition coefficient (Wildman–Crippen LogP) is 3.15. The van der Waals surface area contributed by atoms with Gasteiger partial charge in [-0.3, -0.25) is 0 Å². The molecule has 112 valence electrons. The summed E-state index contributed by atoms with van der Waals surface area (Å²) in [4.78, 5) is 0.0235.